The van der Waals surface area contributed by atoms with Gasteiger partial charge in [0.25, 0.3) is 5.91 Å². The highest BCUT2D eigenvalue weighted by atomic mass is 35.5. The van der Waals surface area contributed by atoms with E-state index in [0.717, 1.165) is 11.8 Å². The van der Waals surface area contributed by atoms with Crippen molar-refractivity contribution in [2.45, 2.75) is 19.3 Å². The molecule has 2 aromatic rings. The summed E-state index contributed by atoms with van der Waals surface area (Å²) in [5.41, 5.74) is 2.11. The van der Waals surface area contributed by atoms with Crippen LogP contribution in [0.25, 0.3) is 0 Å². The Hall–Kier alpha value is -2.91. The Morgan fingerprint density at radius 1 is 1.09 bits per heavy atom. The Morgan fingerprint density at radius 3 is 2.47 bits per heavy atom. The van der Waals surface area contributed by atoms with Crippen molar-refractivity contribution in [1.29, 1.82) is 0 Å². The van der Waals surface area contributed by atoms with E-state index >= 15 is 0 Å². The SMILES string of the molecule is CS(=O)(=O)N1CCCc2cc(C(=O)COC(=O)CCNC(=O)c3ccc(Cl)cc3)ccc21. The molecule has 10 heteroatoms. The van der Waals surface area contributed by atoms with Crippen LogP contribution in [0, 0.1) is 0 Å². The molecule has 32 heavy (non-hydrogen) atoms. The van der Waals surface area contributed by atoms with Crippen LogP contribution in [-0.2, 0) is 26.0 Å². The van der Waals surface area contributed by atoms with Crippen LogP contribution in [0.15, 0.2) is 42.5 Å². The van der Waals surface area contributed by atoms with Gasteiger partial charge in [-0.15, -0.1) is 0 Å². The van der Waals surface area contributed by atoms with Gasteiger partial charge in [0.05, 0.1) is 18.4 Å². The number of ether oxygens (including phenoxy) is 1. The van der Waals surface area contributed by atoms with Gasteiger partial charge in [0.1, 0.15) is 0 Å². The standard InChI is InChI=1S/C22H23ClN2O6S/c1-32(29,30)25-12-2-3-16-13-17(6-9-19(16)25)20(26)14-31-21(27)10-11-24-22(28)15-4-7-18(23)8-5-15/h4-9,13H,2-3,10-12,14H2,1H3,(H,24,28). The summed E-state index contributed by atoms with van der Waals surface area (Å²) in [5.74, 6) is -1.35. The fraction of sp³-hybridized carbons (Fsp3) is 0.318. The molecule has 0 bridgehead atoms. The van der Waals surface area contributed by atoms with E-state index in [1.165, 1.54) is 10.4 Å². The fourth-order valence-electron chi connectivity index (χ4n) is 3.36. The molecule has 0 atom stereocenters. The molecule has 0 aliphatic carbocycles. The number of rotatable bonds is 8. The summed E-state index contributed by atoms with van der Waals surface area (Å²) in [6, 6.07) is 11.1. The maximum absolute atomic E-state index is 12.4. The number of hydrogen-bond acceptors (Lipinski definition) is 6. The molecule has 0 spiro atoms. The number of fused-ring (bicyclic) bond motifs is 1. The minimum absolute atomic E-state index is 0.0641. The number of halogens is 1. The lowest BCUT2D eigenvalue weighted by Crippen LogP contribution is -2.34. The quantitative estimate of drug-likeness (QED) is 0.461. The minimum atomic E-state index is -3.39. The highest BCUT2D eigenvalue weighted by molar-refractivity contribution is 7.92. The largest absolute Gasteiger partial charge is 0.457 e. The highest BCUT2D eigenvalue weighted by Crippen LogP contribution is 2.30. The number of carbonyl (C=O) groups excluding carboxylic acids is 3. The van der Waals surface area contributed by atoms with Gasteiger partial charge in [-0.2, -0.15) is 0 Å². The molecule has 1 N–H and O–H groups in total. The van der Waals surface area contributed by atoms with Gasteiger partial charge in [-0.05, 0) is 60.9 Å². The van der Waals surface area contributed by atoms with Gasteiger partial charge in [0.15, 0.2) is 12.4 Å². The predicted octanol–water partition coefficient (Wildman–Crippen LogP) is 2.60. The first-order valence-electron chi connectivity index (χ1n) is 9.98. The van der Waals surface area contributed by atoms with Crippen LogP contribution in [0.1, 0.15) is 39.1 Å². The van der Waals surface area contributed by atoms with E-state index in [4.69, 9.17) is 16.3 Å². The first kappa shape index (κ1) is 23.7. The zero-order valence-corrected chi connectivity index (χ0v) is 19.0. The van der Waals surface area contributed by atoms with Gasteiger partial charge in [-0.1, -0.05) is 11.6 Å². The van der Waals surface area contributed by atoms with E-state index < -0.39 is 22.6 Å². The third-order valence-electron chi connectivity index (χ3n) is 4.96. The Bertz CT molecular complexity index is 1130. The maximum Gasteiger partial charge on any atom is 0.308 e. The molecule has 3 rings (SSSR count). The second kappa shape index (κ2) is 10.1. The first-order valence-corrected chi connectivity index (χ1v) is 12.2. The van der Waals surface area contributed by atoms with E-state index in [2.05, 4.69) is 5.32 Å². The number of nitrogens with one attached hydrogen (secondary N) is 1. The second-order valence-corrected chi connectivity index (χ2v) is 9.72. The van der Waals surface area contributed by atoms with Crippen LogP contribution in [0.4, 0.5) is 5.69 Å². The van der Waals surface area contributed by atoms with Gasteiger partial charge in [0, 0.05) is 29.2 Å². The van der Waals surface area contributed by atoms with Crippen LogP contribution in [0.5, 0.6) is 0 Å². The molecule has 2 aromatic carbocycles. The Kier molecular flexibility index (Phi) is 7.52. The highest BCUT2D eigenvalue weighted by Gasteiger charge is 2.24. The number of hydrogen-bond donors (Lipinski definition) is 1. The number of nitrogens with zero attached hydrogens (tertiary/aromatic N) is 1. The van der Waals surface area contributed by atoms with Crippen molar-refractivity contribution in [3.8, 4) is 0 Å². The smallest absolute Gasteiger partial charge is 0.308 e. The van der Waals surface area contributed by atoms with E-state index in [1.54, 1.807) is 36.4 Å². The zero-order valence-electron chi connectivity index (χ0n) is 17.5. The molecular formula is C22H23ClN2O6S. The van der Waals surface area contributed by atoms with E-state index in [-0.39, 0.29) is 24.7 Å². The van der Waals surface area contributed by atoms with E-state index in [0.29, 0.717) is 41.2 Å². The van der Waals surface area contributed by atoms with Gasteiger partial charge in [-0.3, -0.25) is 18.7 Å². The monoisotopic (exact) mass is 478 g/mol. The van der Waals surface area contributed by atoms with Crippen molar-refractivity contribution in [2.75, 3.05) is 30.3 Å². The third kappa shape index (κ3) is 6.08. The minimum Gasteiger partial charge on any atom is -0.457 e. The number of ketones is 1. The normalized spacial score (nSPS) is 13.2. The van der Waals surface area contributed by atoms with Gasteiger partial charge < -0.3 is 10.1 Å². The van der Waals surface area contributed by atoms with Crippen molar-refractivity contribution < 1.29 is 27.5 Å². The number of amides is 1. The molecule has 1 amide bonds. The molecule has 1 aliphatic heterocycles. The van der Waals surface area contributed by atoms with Gasteiger partial charge in [-0.25, -0.2) is 8.42 Å². The fourth-order valence-corrected chi connectivity index (χ4v) is 4.49. The van der Waals surface area contributed by atoms with Crippen molar-refractivity contribution in [2.24, 2.45) is 0 Å². The Labute approximate surface area is 191 Å². The predicted molar refractivity (Wildman–Crippen MR) is 121 cm³/mol. The summed E-state index contributed by atoms with van der Waals surface area (Å²) in [7, 11) is -3.39. The van der Waals surface area contributed by atoms with Crippen LogP contribution in [-0.4, -0.2) is 52.0 Å². The van der Waals surface area contributed by atoms with E-state index in [1.807, 2.05) is 0 Å². The van der Waals surface area contributed by atoms with Crippen molar-refractivity contribution in [1.82, 2.24) is 5.32 Å². The number of benzene rings is 2. The number of aryl methyl sites for hydroxylation is 1. The van der Waals surface area contributed by atoms with Gasteiger partial charge in [0.2, 0.25) is 10.0 Å². The molecule has 1 aliphatic rings. The molecule has 0 saturated heterocycles. The van der Waals surface area contributed by atoms with Gasteiger partial charge >= 0.3 is 5.97 Å². The first-order chi connectivity index (χ1) is 15.1. The number of carbonyl (C=O) groups is 3. The van der Waals surface area contributed by atoms with E-state index in [9.17, 15) is 22.8 Å². The van der Waals surface area contributed by atoms with Crippen molar-refractivity contribution >= 4 is 45.0 Å². The van der Waals surface area contributed by atoms with Crippen LogP contribution >= 0.6 is 11.6 Å². The molecule has 0 fully saturated rings. The summed E-state index contributed by atoms with van der Waals surface area (Å²) in [6.07, 6.45) is 2.39. The molecule has 0 radical (unpaired) electrons. The summed E-state index contributed by atoms with van der Waals surface area (Å²) >= 11 is 5.78. The lowest BCUT2D eigenvalue weighted by atomic mass is 9.99. The lowest BCUT2D eigenvalue weighted by Gasteiger charge is -2.29. The molecule has 170 valence electrons. The molecule has 0 unspecified atom stereocenters. The Morgan fingerprint density at radius 2 is 1.78 bits per heavy atom. The summed E-state index contributed by atoms with van der Waals surface area (Å²) < 4.78 is 30.2. The van der Waals surface area contributed by atoms with Crippen LogP contribution in [0.3, 0.4) is 0 Å². The Balaban J connectivity index is 1.48. The number of anilines is 1. The molecule has 8 nitrogen and oxygen atoms in total. The van der Waals surface area contributed by atoms with Crippen molar-refractivity contribution in [3.63, 3.8) is 0 Å². The zero-order chi connectivity index (χ0) is 23.3. The number of esters is 1. The van der Waals surface area contributed by atoms with Crippen molar-refractivity contribution in [3.05, 3.63) is 64.2 Å². The molecule has 0 aromatic heterocycles. The maximum atomic E-state index is 12.4. The molecular weight excluding hydrogens is 456 g/mol. The summed E-state index contributed by atoms with van der Waals surface area (Å²) in [6.45, 7) is 0.0402. The number of sulfonamides is 1. The topological polar surface area (TPSA) is 110 Å². The average Bonchev–Trinajstić information content (AvgIpc) is 2.76. The third-order valence-corrected chi connectivity index (χ3v) is 6.40. The van der Waals surface area contributed by atoms with Crippen LogP contribution < -0.4 is 9.62 Å². The average molecular weight is 479 g/mol. The summed E-state index contributed by atoms with van der Waals surface area (Å²) in [5, 5.41) is 3.11. The van der Waals surface area contributed by atoms with Crippen LogP contribution in [0.2, 0.25) is 5.02 Å². The number of Topliss-reactive ketones (excluding diaryl/α,β-unsaturated/α-hetero) is 1. The lowest BCUT2D eigenvalue weighted by molar-refractivity contribution is -0.142. The molecule has 0 saturated carbocycles. The summed E-state index contributed by atoms with van der Waals surface area (Å²) in [4.78, 5) is 36.3. The second-order valence-electron chi connectivity index (χ2n) is 7.38. The molecule has 1 heterocycles.